The molecule has 0 radical (unpaired) electrons. The summed E-state index contributed by atoms with van der Waals surface area (Å²) in [7, 11) is 0. The van der Waals surface area contributed by atoms with Gasteiger partial charge in [0.2, 0.25) is 5.15 Å². The van der Waals surface area contributed by atoms with E-state index in [1.165, 1.54) is 0 Å². The largest absolute Gasteiger partial charge is 0.324 e. The van der Waals surface area contributed by atoms with Crippen LogP contribution in [0.2, 0.25) is 5.15 Å². The summed E-state index contributed by atoms with van der Waals surface area (Å²) in [5.41, 5.74) is -0.274. The van der Waals surface area contributed by atoms with Gasteiger partial charge in [-0.3, -0.25) is 10.1 Å². The fraction of sp³-hybridized carbons (Fsp3) is 0. The standard InChI is InChI=1S/C4H2ClN3O2/c5-4-3(8(9)10)1-6-2-7-4/h1-2H. The Hall–Kier alpha value is -1.23. The molecule has 0 spiro atoms. The van der Waals surface area contributed by atoms with Crippen molar-refractivity contribution in [3.05, 3.63) is 27.8 Å². The Morgan fingerprint density at radius 1 is 1.70 bits per heavy atom. The number of halogens is 1. The predicted octanol–water partition coefficient (Wildman–Crippen LogP) is 1.04. The van der Waals surface area contributed by atoms with Gasteiger partial charge in [-0.1, -0.05) is 11.6 Å². The number of aromatic nitrogens is 2. The lowest BCUT2D eigenvalue weighted by molar-refractivity contribution is -0.385. The van der Waals surface area contributed by atoms with Gasteiger partial charge in [-0.2, -0.15) is 0 Å². The van der Waals surface area contributed by atoms with E-state index in [0.29, 0.717) is 0 Å². The molecule has 1 rings (SSSR count). The number of rotatable bonds is 1. The lowest BCUT2D eigenvalue weighted by atomic mass is 10.6. The van der Waals surface area contributed by atoms with Gasteiger partial charge < -0.3 is 0 Å². The number of hydrogen-bond acceptors (Lipinski definition) is 4. The number of hydrogen-bond donors (Lipinski definition) is 0. The topological polar surface area (TPSA) is 68.9 Å². The Balaban J connectivity index is 3.15. The third-order valence-corrected chi connectivity index (χ3v) is 1.13. The Morgan fingerprint density at radius 3 is 2.80 bits per heavy atom. The predicted molar refractivity (Wildman–Crippen MR) is 33.7 cm³/mol. The van der Waals surface area contributed by atoms with Crippen LogP contribution in [0, 0.1) is 10.1 Å². The summed E-state index contributed by atoms with van der Waals surface area (Å²) in [6.45, 7) is 0. The van der Waals surface area contributed by atoms with Gasteiger partial charge in [0.15, 0.2) is 0 Å². The lowest BCUT2D eigenvalue weighted by Crippen LogP contribution is -1.91. The van der Waals surface area contributed by atoms with Crippen LogP contribution in [0.25, 0.3) is 0 Å². The Kier molecular flexibility index (Phi) is 1.77. The highest BCUT2D eigenvalue weighted by atomic mass is 35.5. The minimum atomic E-state index is -0.637. The first kappa shape index (κ1) is 6.88. The molecule has 0 aliphatic rings. The molecule has 0 amide bonds. The molecule has 0 atom stereocenters. The van der Waals surface area contributed by atoms with Crippen LogP contribution < -0.4 is 0 Å². The van der Waals surface area contributed by atoms with Crippen LogP contribution in [-0.4, -0.2) is 14.9 Å². The summed E-state index contributed by atoms with van der Waals surface area (Å²) in [5, 5.41) is 9.92. The van der Waals surface area contributed by atoms with E-state index in [4.69, 9.17) is 11.6 Å². The van der Waals surface area contributed by atoms with Crippen molar-refractivity contribution < 1.29 is 4.92 Å². The molecular weight excluding hydrogens is 158 g/mol. The third-order valence-electron chi connectivity index (χ3n) is 0.843. The molecule has 6 heteroatoms. The average molecular weight is 160 g/mol. The minimum absolute atomic E-state index is 0.139. The van der Waals surface area contributed by atoms with Crippen LogP contribution in [0.15, 0.2) is 12.5 Å². The monoisotopic (exact) mass is 159 g/mol. The quantitative estimate of drug-likeness (QED) is 0.349. The minimum Gasteiger partial charge on any atom is -0.258 e. The molecule has 10 heavy (non-hydrogen) atoms. The van der Waals surface area contributed by atoms with E-state index in [1.807, 2.05) is 0 Å². The first-order valence-electron chi connectivity index (χ1n) is 2.31. The molecule has 0 saturated carbocycles. The van der Waals surface area contributed by atoms with Gasteiger partial charge in [-0.05, 0) is 0 Å². The van der Waals surface area contributed by atoms with Gasteiger partial charge in [-0.15, -0.1) is 0 Å². The van der Waals surface area contributed by atoms with Gasteiger partial charge in [0.05, 0.1) is 4.92 Å². The van der Waals surface area contributed by atoms with E-state index in [-0.39, 0.29) is 10.8 Å². The van der Waals surface area contributed by atoms with Crippen molar-refractivity contribution in [2.24, 2.45) is 0 Å². The highest BCUT2D eigenvalue weighted by Gasteiger charge is 2.11. The Bertz CT molecular complexity index is 264. The molecule has 1 heterocycles. The van der Waals surface area contributed by atoms with Gasteiger partial charge in [0, 0.05) is 0 Å². The zero-order valence-corrected chi connectivity index (χ0v) is 5.45. The average Bonchev–Trinajstić information content (AvgIpc) is 1.88. The molecule has 0 fully saturated rings. The Morgan fingerprint density at radius 2 is 2.40 bits per heavy atom. The summed E-state index contributed by atoms with van der Waals surface area (Å²) < 4.78 is 0. The lowest BCUT2D eigenvalue weighted by Gasteiger charge is -1.89. The third kappa shape index (κ3) is 1.19. The molecule has 0 N–H and O–H groups in total. The van der Waals surface area contributed by atoms with Crippen LogP contribution in [0.1, 0.15) is 0 Å². The van der Waals surface area contributed by atoms with Crippen LogP contribution in [-0.2, 0) is 0 Å². The van der Waals surface area contributed by atoms with E-state index in [2.05, 4.69) is 9.97 Å². The normalized spacial score (nSPS) is 9.30. The molecular formula is C4H2ClN3O2. The molecule has 0 unspecified atom stereocenters. The molecule has 5 nitrogen and oxygen atoms in total. The second-order valence-electron chi connectivity index (χ2n) is 1.46. The second-order valence-corrected chi connectivity index (χ2v) is 1.81. The summed E-state index contributed by atoms with van der Waals surface area (Å²) in [6.07, 6.45) is 2.20. The summed E-state index contributed by atoms with van der Waals surface area (Å²) >= 11 is 5.33. The smallest absolute Gasteiger partial charge is 0.258 e. The maximum Gasteiger partial charge on any atom is 0.324 e. The second kappa shape index (κ2) is 2.57. The van der Waals surface area contributed by atoms with Crippen molar-refractivity contribution in [1.82, 2.24) is 9.97 Å². The van der Waals surface area contributed by atoms with Crippen molar-refractivity contribution >= 4 is 17.3 Å². The molecule has 1 aromatic heterocycles. The number of nitrogens with zero attached hydrogens (tertiary/aromatic N) is 3. The van der Waals surface area contributed by atoms with Gasteiger partial charge in [0.1, 0.15) is 12.5 Å². The fourth-order valence-electron chi connectivity index (χ4n) is 0.430. The molecule has 0 aromatic carbocycles. The zero-order chi connectivity index (χ0) is 7.56. The van der Waals surface area contributed by atoms with E-state index in [1.54, 1.807) is 0 Å². The van der Waals surface area contributed by atoms with Crippen LogP contribution >= 0.6 is 11.6 Å². The van der Waals surface area contributed by atoms with E-state index in [9.17, 15) is 10.1 Å². The fourth-order valence-corrected chi connectivity index (χ4v) is 0.591. The van der Waals surface area contributed by atoms with Gasteiger partial charge in [0.25, 0.3) is 0 Å². The van der Waals surface area contributed by atoms with Crippen molar-refractivity contribution in [3.8, 4) is 0 Å². The van der Waals surface area contributed by atoms with Crippen LogP contribution in [0.3, 0.4) is 0 Å². The molecule has 0 saturated heterocycles. The summed E-state index contributed by atoms with van der Waals surface area (Å²) in [6, 6.07) is 0. The Labute approximate surface area is 60.8 Å². The molecule has 0 bridgehead atoms. The highest BCUT2D eigenvalue weighted by molar-refractivity contribution is 6.31. The van der Waals surface area contributed by atoms with Crippen LogP contribution in [0.4, 0.5) is 5.69 Å². The van der Waals surface area contributed by atoms with Crippen molar-refractivity contribution in [2.75, 3.05) is 0 Å². The maximum atomic E-state index is 10.1. The summed E-state index contributed by atoms with van der Waals surface area (Å²) in [5.74, 6) is 0. The summed E-state index contributed by atoms with van der Waals surface area (Å²) in [4.78, 5) is 16.3. The van der Waals surface area contributed by atoms with E-state index < -0.39 is 4.92 Å². The SMILES string of the molecule is O=[N+]([O-])c1cncnc1Cl. The molecule has 1 aromatic rings. The maximum absolute atomic E-state index is 10.1. The van der Waals surface area contributed by atoms with Crippen LogP contribution in [0.5, 0.6) is 0 Å². The van der Waals surface area contributed by atoms with Crippen molar-refractivity contribution in [3.63, 3.8) is 0 Å². The van der Waals surface area contributed by atoms with Gasteiger partial charge >= 0.3 is 5.69 Å². The highest BCUT2D eigenvalue weighted by Crippen LogP contribution is 2.17. The first-order chi connectivity index (χ1) is 4.72. The van der Waals surface area contributed by atoms with Crippen molar-refractivity contribution in [1.29, 1.82) is 0 Å². The molecule has 0 aliphatic heterocycles. The molecule has 0 aliphatic carbocycles. The number of nitro groups is 1. The van der Waals surface area contributed by atoms with E-state index >= 15 is 0 Å². The molecule has 52 valence electrons. The van der Waals surface area contributed by atoms with E-state index in [0.717, 1.165) is 12.5 Å². The van der Waals surface area contributed by atoms with Crippen molar-refractivity contribution in [2.45, 2.75) is 0 Å². The zero-order valence-electron chi connectivity index (χ0n) is 4.69. The van der Waals surface area contributed by atoms with Gasteiger partial charge in [-0.25, -0.2) is 9.97 Å². The first-order valence-corrected chi connectivity index (χ1v) is 2.69.